The average molecular weight is 424 g/mol. The number of benzene rings is 1. The number of methoxy groups -OCH3 is 1. The van der Waals surface area contributed by atoms with Crippen LogP contribution in [-0.2, 0) is 20.5 Å². The highest BCUT2D eigenvalue weighted by Gasteiger charge is 2.56. The predicted molar refractivity (Wildman–Crippen MR) is 105 cm³/mol. The van der Waals surface area contributed by atoms with Crippen LogP contribution in [0.15, 0.2) is 18.2 Å². The van der Waals surface area contributed by atoms with Crippen molar-refractivity contribution in [3.05, 3.63) is 29.3 Å². The molecule has 2 aliphatic heterocycles. The minimum Gasteiger partial charge on any atom is -0.384 e. The van der Waals surface area contributed by atoms with Gasteiger partial charge in [-0.25, -0.2) is 0 Å². The molecule has 4 rings (SSSR count). The Hall–Kier alpha value is -2.09. The molecule has 8 heteroatoms. The molecule has 2 bridgehead atoms. The maximum Gasteiger partial charge on any atom is 0.416 e. The van der Waals surface area contributed by atoms with Gasteiger partial charge in [-0.15, -0.1) is 0 Å². The van der Waals surface area contributed by atoms with Crippen molar-refractivity contribution in [2.75, 3.05) is 19.0 Å². The van der Waals surface area contributed by atoms with E-state index in [9.17, 15) is 22.8 Å². The highest BCUT2D eigenvalue weighted by molar-refractivity contribution is 5.94. The number of anilines is 1. The Morgan fingerprint density at radius 2 is 1.83 bits per heavy atom. The van der Waals surface area contributed by atoms with Crippen LogP contribution in [0.25, 0.3) is 0 Å². The van der Waals surface area contributed by atoms with E-state index in [1.54, 1.807) is 14.0 Å². The quantitative estimate of drug-likeness (QED) is 0.773. The van der Waals surface area contributed by atoms with E-state index in [0.29, 0.717) is 30.7 Å². The predicted octanol–water partition coefficient (Wildman–Crippen LogP) is 4.15. The second-order valence-electron chi connectivity index (χ2n) is 9.00. The SMILES string of the molecule is COCC1(C(=O)N2[C@@H]3CC[C@H]2CC(C(=O)Nc2ccc(C(F)(F)F)cc2C)C3)CC1. The van der Waals surface area contributed by atoms with Gasteiger partial charge in [-0.1, -0.05) is 0 Å². The third-order valence-electron chi connectivity index (χ3n) is 6.88. The summed E-state index contributed by atoms with van der Waals surface area (Å²) in [7, 11) is 1.61. The summed E-state index contributed by atoms with van der Waals surface area (Å²) in [5, 5.41) is 2.80. The molecule has 3 atom stereocenters. The van der Waals surface area contributed by atoms with Gasteiger partial charge >= 0.3 is 6.18 Å². The van der Waals surface area contributed by atoms with Crippen molar-refractivity contribution >= 4 is 17.5 Å². The lowest BCUT2D eigenvalue weighted by atomic mass is 9.88. The summed E-state index contributed by atoms with van der Waals surface area (Å²) in [5.41, 5.74) is -0.324. The van der Waals surface area contributed by atoms with Crippen molar-refractivity contribution in [3.63, 3.8) is 0 Å². The second kappa shape index (κ2) is 7.55. The first-order valence-corrected chi connectivity index (χ1v) is 10.4. The highest BCUT2D eigenvalue weighted by Crippen LogP contribution is 2.51. The number of hydrogen-bond donors (Lipinski definition) is 1. The Kier molecular flexibility index (Phi) is 5.33. The fourth-order valence-electron chi connectivity index (χ4n) is 5.06. The molecule has 30 heavy (non-hydrogen) atoms. The molecule has 3 aliphatic rings. The molecular formula is C22H27F3N2O3. The lowest BCUT2D eigenvalue weighted by Gasteiger charge is -2.40. The smallest absolute Gasteiger partial charge is 0.384 e. The Morgan fingerprint density at radius 3 is 2.33 bits per heavy atom. The summed E-state index contributed by atoms with van der Waals surface area (Å²) < 4.78 is 43.8. The van der Waals surface area contributed by atoms with Crippen LogP contribution in [0.5, 0.6) is 0 Å². The Bertz CT molecular complexity index is 837. The van der Waals surface area contributed by atoms with Gasteiger partial charge < -0.3 is 15.0 Å². The van der Waals surface area contributed by atoms with Crippen molar-refractivity contribution in [1.82, 2.24) is 4.90 Å². The standard InChI is InChI=1S/C22H27F3N2O3/c1-13-9-15(22(23,24)25)3-6-18(13)26-19(28)14-10-16-4-5-17(11-14)27(16)20(29)21(7-8-21)12-30-2/h3,6,9,14,16-17H,4-5,7-8,10-12H2,1-2H3,(H,26,28)/t14?,16-,17+. The Balaban J connectivity index is 1.41. The second-order valence-corrected chi connectivity index (χ2v) is 9.00. The van der Waals surface area contributed by atoms with Crippen LogP contribution in [0.3, 0.4) is 0 Å². The maximum atomic E-state index is 13.1. The zero-order chi connectivity index (χ0) is 21.7. The molecule has 0 spiro atoms. The summed E-state index contributed by atoms with van der Waals surface area (Å²) in [6, 6.07) is 3.44. The van der Waals surface area contributed by atoms with Crippen molar-refractivity contribution in [2.45, 2.75) is 63.7 Å². The van der Waals surface area contributed by atoms with E-state index >= 15 is 0 Å². The van der Waals surface area contributed by atoms with Gasteiger partial charge in [0.1, 0.15) is 0 Å². The van der Waals surface area contributed by atoms with Crippen LogP contribution in [0, 0.1) is 18.3 Å². The number of piperidine rings is 1. The van der Waals surface area contributed by atoms with Crippen LogP contribution in [-0.4, -0.2) is 42.5 Å². The zero-order valence-electron chi connectivity index (χ0n) is 17.2. The molecule has 1 N–H and O–H groups in total. The fraction of sp³-hybridized carbons (Fsp3) is 0.636. The fourth-order valence-corrected chi connectivity index (χ4v) is 5.06. The van der Waals surface area contributed by atoms with E-state index in [4.69, 9.17) is 4.74 Å². The lowest BCUT2D eigenvalue weighted by molar-refractivity contribution is -0.146. The average Bonchev–Trinajstić information content (AvgIpc) is 3.42. The largest absolute Gasteiger partial charge is 0.416 e. The van der Waals surface area contributed by atoms with E-state index in [1.165, 1.54) is 6.07 Å². The van der Waals surface area contributed by atoms with Crippen LogP contribution < -0.4 is 5.32 Å². The molecule has 0 radical (unpaired) electrons. The van der Waals surface area contributed by atoms with Gasteiger partial charge in [0, 0.05) is 30.8 Å². The minimum absolute atomic E-state index is 0.0510. The Morgan fingerprint density at radius 1 is 1.20 bits per heavy atom. The number of nitrogens with one attached hydrogen (secondary N) is 1. The van der Waals surface area contributed by atoms with E-state index in [2.05, 4.69) is 5.32 Å². The molecule has 164 valence electrons. The highest BCUT2D eigenvalue weighted by atomic mass is 19.4. The minimum atomic E-state index is -4.41. The topological polar surface area (TPSA) is 58.6 Å². The van der Waals surface area contributed by atoms with Gasteiger partial charge in [-0.2, -0.15) is 13.2 Å². The van der Waals surface area contributed by atoms with Crippen molar-refractivity contribution in [3.8, 4) is 0 Å². The summed E-state index contributed by atoms with van der Waals surface area (Å²) in [4.78, 5) is 28.0. The van der Waals surface area contributed by atoms with Gasteiger partial charge in [0.2, 0.25) is 11.8 Å². The molecule has 1 aliphatic carbocycles. The summed E-state index contributed by atoms with van der Waals surface area (Å²) in [6.07, 6.45) is 0.270. The first kappa shape index (κ1) is 21.2. The molecule has 0 aromatic heterocycles. The first-order valence-electron chi connectivity index (χ1n) is 10.4. The number of carbonyl (C=O) groups is 2. The van der Waals surface area contributed by atoms with Gasteiger partial charge in [0.15, 0.2) is 0 Å². The number of amides is 2. The van der Waals surface area contributed by atoms with Gasteiger partial charge in [0.05, 0.1) is 17.6 Å². The number of fused-ring (bicyclic) bond motifs is 2. The molecule has 2 amide bonds. The van der Waals surface area contributed by atoms with Crippen molar-refractivity contribution in [2.24, 2.45) is 11.3 Å². The number of alkyl halides is 3. The van der Waals surface area contributed by atoms with Crippen LogP contribution in [0.2, 0.25) is 0 Å². The molecular weight excluding hydrogens is 397 g/mol. The van der Waals surface area contributed by atoms with Crippen LogP contribution >= 0.6 is 0 Å². The van der Waals surface area contributed by atoms with E-state index in [0.717, 1.165) is 37.8 Å². The number of ether oxygens (including phenoxy) is 1. The summed E-state index contributed by atoms with van der Waals surface area (Å²) >= 11 is 0. The van der Waals surface area contributed by atoms with E-state index < -0.39 is 11.7 Å². The number of halogens is 3. The first-order chi connectivity index (χ1) is 14.1. The lowest BCUT2D eigenvalue weighted by Crippen LogP contribution is -2.51. The molecule has 3 fully saturated rings. The normalized spacial score (nSPS) is 27.1. The molecule has 1 aromatic carbocycles. The molecule has 2 saturated heterocycles. The van der Waals surface area contributed by atoms with Gasteiger partial charge in [0.25, 0.3) is 0 Å². The zero-order valence-corrected chi connectivity index (χ0v) is 17.2. The van der Waals surface area contributed by atoms with Crippen molar-refractivity contribution < 1.29 is 27.5 Å². The van der Waals surface area contributed by atoms with E-state index in [1.807, 2.05) is 4.90 Å². The number of hydrogen-bond acceptors (Lipinski definition) is 3. The molecule has 1 aromatic rings. The molecule has 1 unspecified atom stereocenters. The van der Waals surface area contributed by atoms with Gasteiger partial charge in [-0.3, -0.25) is 9.59 Å². The Labute approximate surface area is 173 Å². The number of nitrogens with zero attached hydrogens (tertiary/aromatic N) is 1. The number of carbonyl (C=O) groups excluding carboxylic acids is 2. The van der Waals surface area contributed by atoms with Crippen molar-refractivity contribution in [1.29, 1.82) is 0 Å². The summed E-state index contributed by atoms with van der Waals surface area (Å²) in [5.74, 6) is -0.264. The van der Waals surface area contributed by atoms with Gasteiger partial charge in [-0.05, 0) is 69.2 Å². The number of aryl methyl sites for hydroxylation is 1. The monoisotopic (exact) mass is 424 g/mol. The number of rotatable bonds is 5. The molecule has 2 heterocycles. The molecule has 5 nitrogen and oxygen atoms in total. The van der Waals surface area contributed by atoms with E-state index in [-0.39, 0.29) is 35.2 Å². The van der Waals surface area contributed by atoms with Crippen LogP contribution in [0.1, 0.15) is 49.7 Å². The van der Waals surface area contributed by atoms with Crippen LogP contribution in [0.4, 0.5) is 18.9 Å². The maximum absolute atomic E-state index is 13.1. The summed E-state index contributed by atoms with van der Waals surface area (Å²) in [6.45, 7) is 2.00. The molecule has 1 saturated carbocycles. The third kappa shape index (κ3) is 3.82. The third-order valence-corrected chi connectivity index (χ3v) is 6.88.